The van der Waals surface area contributed by atoms with Crippen LogP contribution in [0.3, 0.4) is 0 Å². The molecule has 1 heterocycles. The largest absolute Gasteiger partial charge is 0.383 e. The van der Waals surface area contributed by atoms with Crippen molar-refractivity contribution in [2.75, 3.05) is 5.73 Å². The molecule has 2 rings (SSSR count). The zero-order valence-electron chi connectivity index (χ0n) is 8.79. The van der Waals surface area contributed by atoms with E-state index < -0.39 is 0 Å². The summed E-state index contributed by atoms with van der Waals surface area (Å²) < 4.78 is 0. The Balaban J connectivity index is 1.94. The van der Waals surface area contributed by atoms with Crippen LogP contribution in [0.2, 0.25) is 0 Å². The fourth-order valence-electron chi connectivity index (χ4n) is 1.82. The molecule has 1 fully saturated rings. The smallest absolute Gasteiger partial charge is 0.256 e. The van der Waals surface area contributed by atoms with Gasteiger partial charge in [-0.1, -0.05) is 6.42 Å². The Hall–Kier alpha value is -1.52. The molecule has 1 aromatic heterocycles. The lowest BCUT2D eigenvalue weighted by atomic mass is 9.80. The lowest BCUT2D eigenvalue weighted by molar-refractivity contribution is 0.0910. The van der Waals surface area contributed by atoms with Crippen molar-refractivity contribution in [3.05, 3.63) is 11.8 Å². The summed E-state index contributed by atoms with van der Waals surface area (Å²) in [5, 5.41) is 9.21. The quantitative estimate of drug-likeness (QED) is 0.690. The summed E-state index contributed by atoms with van der Waals surface area (Å²) in [6.45, 7) is 2.04. The first-order valence-corrected chi connectivity index (χ1v) is 5.28. The van der Waals surface area contributed by atoms with E-state index in [1.165, 1.54) is 25.5 Å². The third kappa shape index (κ3) is 1.95. The predicted molar refractivity (Wildman–Crippen MR) is 57.3 cm³/mol. The number of hydrogen-bond acceptors (Lipinski definition) is 3. The Morgan fingerprint density at radius 2 is 2.47 bits per heavy atom. The summed E-state index contributed by atoms with van der Waals surface area (Å²) in [6.07, 6.45) is 5.15. The summed E-state index contributed by atoms with van der Waals surface area (Å²) in [7, 11) is 0. The minimum atomic E-state index is -0.138. The van der Waals surface area contributed by atoms with Gasteiger partial charge in [0.1, 0.15) is 11.4 Å². The van der Waals surface area contributed by atoms with Gasteiger partial charge in [0.25, 0.3) is 5.91 Å². The first kappa shape index (κ1) is 10.0. The first-order chi connectivity index (χ1) is 7.18. The summed E-state index contributed by atoms with van der Waals surface area (Å²) in [5.74, 6) is 0.816. The zero-order chi connectivity index (χ0) is 10.8. The number of rotatable bonds is 3. The molecule has 0 bridgehead atoms. The van der Waals surface area contributed by atoms with Gasteiger partial charge in [0.05, 0.1) is 6.20 Å². The van der Waals surface area contributed by atoms with Gasteiger partial charge in [-0.25, -0.2) is 0 Å². The van der Waals surface area contributed by atoms with Gasteiger partial charge < -0.3 is 11.1 Å². The van der Waals surface area contributed by atoms with Crippen LogP contribution < -0.4 is 11.1 Å². The van der Waals surface area contributed by atoms with Crippen LogP contribution in [0.1, 0.15) is 36.5 Å². The maximum absolute atomic E-state index is 11.7. The number of nitrogen functional groups attached to an aromatic ring is 1. The van der Waals surface area contributed by atoms with E-state index in [1.54, 1.807) is 0 Å². The van der Waals surface area contributed by atoms with Crippen LogP contribution in [-0.4, -0.2) is 22.1 Å². The van der Waals surface area contributed by atoms with E-state index >= 15 is 0 Å². The topological polar surface area (TPSA) is 83.8 Å². The SMILES string of the molecule is CC(NC(=O)c1cn[nH]c1N)C1CCC1. The van der Waals surface area contributed by atoms with Crippen LogP contribution in [-0.2, 0) is 0 Å². The van der Waals surface area contributed by atoms with Crippen LogP contribution in [0.25, 0.3) is 0 Å². The second-order valence-corrected chi connectivity index (χ2v) is 4.15. The Labute approximate surface area is 88.4 Å². The number of nitrogens with zero attached hydrogens (tertiary/aromatic N) is 1. The van der Waals surface area contributed by atoms with E-state index in [1.807, 2.05) is 6.92 Å². The van der Waals surface area contributed by atoms with E-state index in [0.717, 1.165) is 0 Å². The Kier molecular flexibility index (Phi) is 2.62. The number of aromatic amines is 1. The van der Waals surface area contributed by atoms with Crippen molar-refractivity contribution in [2.45, 2.75) is 32.2 Å². The molecule has 1 aromatic rings. The summed E-state index contributed by atoms with van der Waals surface area (Å²) in [5.41, 5.74) is 5.99. The highest BCUT2D eigenvalue weighted by atomic mass is 16.1. The molecule has 1 aliphatic carbocycles. The molecule has 0 aliphatic heterocycles. The molecular formula is C10H16N4O. The molecule has 5 heteroatoms. The van der Waals surface area contributed by atoms with Crippen LogP contribution in [0.15, 0.2) is 6.20 Å². The molecule has 1 saturated carbocycles. The minimum Gasteiger partial charge on any atom is -0.383 e. The lowest BCUT2D eigenvalue weighted by Gasteiger charge is -2.31. The standard InChI is InChI=1S/C10H16N4O/c1-6(7-3-2-4-7)13-10(15)8-5-12-14-9(8)11/h5-7H,2-4H2,1H3,(H,13,15)(H3,11,12,14). The number of carbonyl (C=O) groups is 1. The highest BCUT2D eigenvalue weighted by molar-refractivity contribution is 5.98. The predicted octanol–water partition coefficient (Wildman–Crippen LogP) is 0.910. The number of amides is 1. The second-order valence-electron chi connectivity index (χ2n) is 4.15. The number of carbonyl (C=O) groups excluding carboxylic acids is 1. The average Bonchev–Trinajstić information content (AvgIpc) is 2.47. The summed E-state index contributed by atoms with van der Waals surface area (Å²) >= 11 is 0. The summed E-state index contributed by atoms with van der Waals surface area (Å²) in [4.78, 5) is 11.7. The minimum absolute atomic E-state index is 0.138. The maximum atomic E-state index is 11.7. The molecule has 0 aromatic carbocycles. The molecule has 1 amide bonds. The number of nitrogens with two attached hydrogens (primary N) is 1. The Morgan fingerprint density at radius 3 is 2.93 bits per heavy atom. The highest BCUT2D eigenvalue weighted by Gasteiger charge is 2.25. The molecule has 4 N–H and O–H groups in total. The number of hydrogen-bond donors (Lipinski definition) is 3. The van der Waals surface area contributed by atoms with Crippen molar-refractivity contribution in [3.63, 3.8) is 0 Å². The van der Waals surface area contributed by atoms with Gasteiger partial charge >= 0.3 is 0 Å². The molecule has 0 saturated heterocycles. The van der Waals surface area contributed by atoms with Gasteiger partial charge in [-0.05, 0) is 25.7 Å². The fraction of sp³-hybridized carbons (Fsp3) is 0.600. The van der Waals surface area contributed by atoms with Gasteiger partial charge in [0.15, 0.2) is 0 Å². The van der Waals surface area contributed by atoms with Crippen molar-refractivity contribution in [1.29, 1.82) is 0 Å². The Bertz CT molecular complexity index is 356. The van der Waals surface area contributed by atoms with Crippen LogP contribution in [0, 0.1) is 5.92 Å². The number of H-pyrrole nitrogens is 1. The van der Waals surface area contributed by atoms with Crippen molar-refractivity contribution in [3.8, 4) is 0 Å². The number of anilines is 1. The summed E-state index contributed by atoms with van der Waals surface area (Å²) in [6, 6.07) is 0.223. The molecule has 0 spiro atoms. The Morgan fingerprint density at radius 1 is 1.73 bits per heavy atom. The van der Waals surface area contributed by atoms with E-state index in [2.05, 4.69) is 15.5 Å². The van der Waals surface area contributed by atoms with Crippen LogP contribution >= 0.6 is 0 Å². The molecule has 15 heavy (non-hydrogen) atoms. The molecule has 82 valence electrons. The van der Waals surface area contributed by atoms with Crippen molar-refractivity contribution in [2.24, 2.45) is 5.92 Å². The zero-order valence-corrected chi connectivity index (χ0v) is 8.79. The van der Waals surface area contributed by atoms with E-state index in [4.69, 9.17) is 5.73 Å². The molecule has 1 unspecified atom stereocenters. The van der Waals surface area contributed by atoms with E-state index in [9.17, 15) is 4.79 Å². The van der Waals surface area contributed by atoms with Crippen molar-refractivity contribution >= 4 is 11.7 Å². The number of nitrogens with one attached hydrogen (secondary N) is 2. The maximum Gasteiger partial charge on any atom is 0.256 e. The molecule has 5 nitrogen and oxygen atoms in total. The van der Waals surface area contributed by atoms with Crippen LogP contribution in [0.4, 0.5) is 5.82 Å². The van der Waals surface area contributed by atoms with Gasteiger partial charge in [0.2, 0.25) is 0 Å². The lowest BCUT2D eigenvalue weighted by Crippen LogP contribution is -2.40. The van der Waals surface area contributed by atoms with E-state index in [-0.39, 0.29) is 11.9 Å². The normalized spacial score (nSPS) is 18.2. The van der Waals surface area contributed by atoms with Crippen LogP contribution in [0.5, 0.6) is 0 Å². The third-order valence-electron chi connectivity index (χ3n) is 3.13. The van der Waals surface area contributed by atoms with Crippen molar-refractivity contribution in [1.82, 2.24) is 15.5 Å². The molecular weight excluding hydrogens is 192 g/mol. The van der Waals surface area contributed by atoms with Gasteiger partial charge in [-0.3, -0.25) is 9.89 Å². The first-order valence-electron chi connectivity index (χ1n) is 5.28. The van der Waals surface area contributed by atoms with Gasteiger partial charge in [-0.15, -0.1) is 0 Å². The third-order valence-corrected chi connectivity index (χ3v) is 3.13. The monoisotopic (exact) mass is 208 g/mol. The van der Waals surface area contributed by atoms with Gasteiger partial charge in [0, 0.05) is 6.04 Å². The second kappa shape index (κ2) is 3.92. The number of aromatic nitrogens is 2. The van der Waals surface area contributed by atoms with Crippen molar-refractivity contribution < 1.29 is 4.79 Å². The fourth-order valence-corrected chi connectivity index (χ4v) is 1.82. The average molecular weight is 208 g/mol. The molecule has 1 atom stereocenters. The van der Waals surface area contributed by atoms with Gasteiger partial charge in [-0.2, -0.15) is 5.10 Å². The van der Waals surface area contributed by atoms with E-state index in [0.29, 0.717) is 17.3 Å². The highest BCUT2D eigenvalue weighted by Crippen LogP contribution is 2.29. The molecule has 0 radical (unpaired) electrons. The molecule has 1 aliphatic rings.